The fourth-order valence-electron chi connectivity index (χ4n) is 2.13. The molecule has 0 atom stereocenters. The molecule has 0 unspecified atom stereocenters. The van der Waals surface area contributed by atoms with Gasteiger partial charge in [-0.1, -0.05) is 0 Å². The Morgan fingerprint density at radius 2 is 2.21 bits per heavy atom. The van der Waals surface area contributed by atoms with Gasteiger partial charge in [-0.15, -0.1) is 0 Å². The summed E-state index contributed by atoms with van der Waals surface area (Å²) in [5.74, 6) is 0.265. The third kappa shape index (κ3) is 3.32. The van der Waals surface area contributed by atoms with Gasteiger partial charge in [0.2, 0.25) is 21.9 Å². The summed E-state index contributed by atoms with van der Waals surface area (Å²) in [4.78, 5) is 18.7. The van der Waals surface area contributed by atoms with Gasteiger partial charge in [0.1, 0.15) is 0 Å². The summed E-state index contributed by atoms with van der Waals surface area (Å²) in [6.45, 7) is 2.45. The van der Waals surface area contributed by atoms with Crippen LogP contribution < -0.4 is 5.32 Å². The SMILES string of the molecule is CCS(=O)(=O)N1CCC(C(=O)Nc2ncc[nH]2)CC1. The summed E-state index contributed by atoms with van der Waals surface area (Å²) in [7, 11) is -3.14. The zero-order valence-corrected chi connectivity index (χ0v) is 11.6. The summed E-state index contributed by atoms with van der Waals surface area (Å²) in [5.41, 5.74) is 0. The van der Waals surface area contributed by atoms with Gasteiger partial charge in [0, 0.05) is 31.4 Å². The molecule has 1 saturated heterocycles. The first-order valence-electron chi connectivity index (χ1n) is 6.31. The molecule has 0 radical (unpaired) electrons. The van der Waals surface area contributed by atoms with E-state index in [0.29, 0.717) is 31.9 Å². The Morgan fingerprint density at radius 3 is 2.74 bits per heavy atom. The molecule has 19 heavy (non-hydrogen) atoms. The van der Waals surface area contributed by atoms with Crippen LogP contribution in [-0.4, -0.2) is 47.4 Å². The fourth-order valence-corrected chi connectivity index (χ4v) is 3.26. The van der Waals surface area contributed by atoms with Gasteiger partial charge < -0.3 is 4.98 Å². The molecule has 106 valence electrons. The number of imidazole rings is 1. The standard InChI is InChI=1S/C11H18N4O3S/c1-2-19(17,18)15-7-3-9(4-8-15)10(16)14-11-12-5-6-13-11/h5-6,9H,2-4,7-8H2,1H3,(H2,12,13,14,16). The predicted molar refractivity (Wildman–Crippen MR) is 71.0 cm³/mol. The second-order valence-electron chi connectivity index (χ2n) is 4.50. The molecule has 1 amide bonds. The van der Waals surface area contributed by atoms with Crippen LogP contribution in [0.3, 0.4) is 0 Å². The van der Waals surface area contributed by atoms with E-state index in [9.17, 15) is 13.2 Å². The lowest BCUT2D eigenvalue weighted by molar-refractivity contribution is -0.120. The van der Waals surface area contributed by atoms with E-state index in [4.69, 9.17) is 0 Å². The number of H-pyrrole nitrogens is 1. The molecule has 1 aliphatic heterocycles. The fraction of sp³-hybridized carbons (Fsp3) is 0.636. The van der Waals surface area contributed by atoms with Crippen molar-refractivity contribution in [3.05, 3.63) is 12.4 Å². The normalized spacial score (nSPS) is 18.4. The molecule has 1 fully saturated rings. The Balaban J connectivity index is 1.88. The number of hydrogen-bond acceptors (Lipinski definition) is 4. The van der Waals surface area contributed by atoms with Crippen molar-refractivity contribution < 1.29 is 13.2 Å². The van der Waals surface area contributed by atoms with Crippen molar-refractivity contribution in [3.8, 4) is 0 Å². The Morgan fingerprint density at radius 1 is 1.53 bits per heavy atom. The number of anilines is 1. The average Bonchev–Trinajstić information content (AvgIpc) is 2.91. The minimum atomic E-state index is -3.14. The highest BCUT2D eigenvalue weighted by molar-refractivity contribution is 7.89. The summed E-state index contributed by atoms with van der Waals surface area (Å²) >= 11 is 0. The number of sulfonamides is 1. The molecule has 2 N–H and O–H groups in total. The minimum Gasteiger partial charge on any atom is -0.331 e. The lowest BCUT2D eigenvalue weighted by atomic mass is 9.97. The van der Waals surface area contributed by atoms with E-state index in [1.807, 2.05) is 0 Å². The molecule has 0 spiro atoms. The number of nitrogens with zero attached hydrogens (tertiary/aromatic N) is 2. The Hall–Kier alpha value is -1.41. The molecule has 7 nitrogen and oxygen atoms in total. The summed E-state index contributed by atoms with van der Waals surface area (Å²) < 4.78 is 24.9. The number of carbonyl (C=O) groups is 1. The van der Waals surface area contributed by atoms with Crippen molar-refractivity contribution in [2.75, 3.05) is 24.2 Å². The average molecular weight is 286 g/mol. The smallest absolute Gasteiger partial charge is 0.229 e. The maximum Gasteiger partial charge on any atom is 0.229 e. The summed E-state index contributed by atoms with van der Waals surface area (Å²) in [6, 6.07) is 0. The van der Waals surface area contributed by atoms with E-state index in [0.717, 1.165) is 0 Å². The monoisotopic (exact) mass is 286 g/mol. The van der Waals surface area contributed by atoms with E-state index >= 15 is 0 Å². The van der Waals surface area contributed by atoms with Gasteiger partial charge in [-0.25, -0.2) is 17.7 Å². The highest BCUT2D eigenvalue weighted by Gasteiger charge is 2.30. The molecule has 0 saturated carbocycles. The van der Waals surface area contributed by atoms with Crippen molar-refractivity contribution in [1.29, 1.82) is 0 Å². The molecule has 8 heteroatoms. The quantitative estimate of drug-likeness (QED) is 0.838. The molecule has 1 aromatic heterocycles. The van der Waals surface area contributed by atoms with Crippen molar-refractivity contribution in [3.63, 3.8) is 0 Å². The van der Waals surface area contributed by atoms with Gasteiger partial charge in [-0.05, 0) is 19.8 Å². The Kier molecular flexibility index (Phi) is 4.20. The van der Waals surface area contributed by atoms with Gasteiger partial charge in [-0.3, -0.25) is 10.1 Å². The van der Waals surface area contributed by atoms with E-state index in [-0.39, 0.29) is 17.6 Å². The molecular formula is C11H18N4O3S. The first-order chi connectivity index (χ1) is 9.03. The van der Waals surface area contributed by atoms with E-state index in [1.165, 1.54) is 4.31 Å². The molecule has 2 heterocycles. The summed E-state index contributed by atoms with van der Waals surface area (Å²) in [5, 5.41) is 2.69. The number of piperidine rings is 1. The van der Waals surface area contributed by atoms with Crippen LogP contribution in [0.25, 0.3) is 0 Å². The van der Waals surface area contributed by atoms with E-state index < -0.39 is 10.0 Å². The van der Waals surface area contributed by atoms with E-state index in [2.05, 4.69) is 15.3 Å². The lowest BCUT2D eigenvalue weighted by Crippen LogP contribution is -2.42. The Bertz CT molecular complexity index is 518. The van der Waals surface area contributed by atoms with Crippen LogP contribution in [0.1, 0.15) is 19.8 Å². The number of aromatic amines is 1. The van der Waals surface area contributed by atoms with Crippen LogP contribution in [0.5, 0.6) is 0 Å². The molecule has 2 rings (SSSR count). The Labute approximate surface area is 112 Å². The largest absolute Gasteiger partial charge is 0.331 e. The van der Waals surface area contributed by atoms with Gasteiger partial charge in [-0.2, -0.15) is 0 Å². The number of nitrogens with one attached hydrogen (secondary N) is 2. The van der Waals surface area contributed by atoms with Crippen LogP contribution in [-0.2, 0) is 14.8 Å². The number of aromatic nitrogens is 2. The van der Waals surface area contributed by atoms with Gasteiger partial charge in [0.15, 0.2) is 0 Å². The van der Waals surface area contributed by atoms with Crippen molar-refractivity contribution in [1.82, 2.24) is 14.3 Å². The van der Waals surface area contributed by atoms with E-state index in [1.54, 1.807) is 19.3 Å². The predicted octanol–water partition coefficient (Wildman–Crippen LogP) is 0.410. The van der Waals surface area contributed by atoms with Gasteiger partial charge in [0.25, 0.3) is 0 Å². The van der Waals surface area contributed by atoms with Gasteiger partial charge in [0.05, 0.1) is 5.75 Å². The molecule has 0 aromatic carbocycles. The molecule has 0 bridgehead atoms. The van der Waals surface area contributed by atoms with Crippen LogP contribution in [0.4, 0.5) is 5.95 Å². The topological polar surface area (TPSA) is 95.2 Å². The third-order valence-corrected chi connectivity index (χ3v) is 5.20. The zero-order chi connectivity index (χ0) is 13.9. The molecule has 1 aromatic rings. The highest BCUT2D eigenvalue weighted by atomic mass is 32.2. The molecule has 1 aliphatic rings. The highest BCUT2D eigenvalue weighted by Crippen LogP contribution is 2.20. The van der Waals surface area contributed by atoms with Crippen molar-refractivity contribution in [2.45, 2.75) is 19.8 Å². The van der Waals surface area contributed by atoms with Crippen LogP contribution in [0.2, 0.25) is 0 Å². The first kappa shape index (κ1) is 14.0. The summed E-state index contributed by atoms with van der Waals surface area (Å²) in [6.07, 6.45) is 4.29. The molecule has 0 aliphatic carbocycles. The zero-order valence-electron chi connectivity index (χ0n) is 10.8. The lowest BCUT2D eigenvalue weighted by Gasteiger charge is -2.29. The third-order valence-electron chi connectivity index (χ3n) is 3.32. The van der Waals surface area contributed by atoms with Crippen LogP contribution in [0.15, 0.2) is 12.4 Å². The number of rotatable bonds is 4. The minimum absolute atomic E-state index is 0.107. The first-order valence-corrected chi connectivity index (χ1v) is 7.92. The maximum absolute atomic E-state index is 12.0. The van der Waals surface area contributed by atoms with Crippen LogP contribution in [0, 0.1) is 5.92 Å². The second kappa shape index (κ2) is 5.70. The van der Waals surface area contributed by atoms with Crippen molar-refractivity contribution >= 4 is 21.9 Å². The van der Waals surface area contributed by atoms with Crippen LogP contribution >= 0.6 is 0 Å². The van der Waals surface area contributed by atoms with Gasteiger partial charge >= 0.3 is 0 Å². The second-order valence-corrected chi connectivity index (χ2v) is 6.76. The van der Waals surface area contributed by atoms with Crippen molar-refractivity contribution in [2.24, 2.45) is 5.92 Å². The number of amides is 1. The number of carbonyl (C=O) groups excluding carboxylic acids is 1. The molecular weight excluding hydrogens is 268 g/mol. The number of hydrogen-bond donors (Lipinski definition) is 2. The maximum atomic E-state index is 12.0.